The minimum Gasteiger partial charge on any atom is -0.489 e. The molecule has 182 valence electrons. The molecule has 0 spiro atoms. The van der Waals surface area contributed by atoms with Crippen LogP contribution in [0.1, 0.15) is 5.56 Å². The van der Waals surface area contributed by atoms with E-state index in [1.54, 1.807) is 6.33 Å². The first-order valence-electron chi connectivity index (χ1n) is 11.4. The standard InChI is InChI=1S/C26H29N5O3S/c1-35(32,33)16-15-27-13-14-28-22-9-12-24-25(17-22)29-19-30-26(24)31-21-7-10-23(11-8-21)34-18-20-5-3-2-4-6-20/h2-12,17,19,27-28H,13-16,18H2,1H3,(H,29,30,31). The number of ether oxygens (including phenoxy) is 1. The smallest absolute Gasteiger partial charge is 0.148 e. The van der Waals surface area contributed by atoms with E-state index in [9.17, 15) is 8.42 Å². The van der Waals surface area contributed by atoms with Gasteiger partial charge in [0.25, 0.3) is 0 Å². The molecule has 0 bridgehead atoms. The quantitative estimate of drug-likeness (QED) is 0.256. The Kier molecular flexibility index (Phi) is 8.12. The fourth-order valence-corrected chi connectivity index (χ4v) is 3.97. The molecular weight excluding hydrogens is 462 g/mol. The maximum Gasteiger partial charge on any atom is 0.148 e. The molecule has 0 aliphatic carbocycles. The predicted molar refractivity (Wildman–Crippen MR) is 141 cm³/mol. The van der Waals surface area contributed by atoms with E-state index in [1.165, 1.54) is 6.26 Å². The van der Waals surface area contributed by atoms with Crippen LogP contribution in [0.5, 0.6) is 5.75 Å². The van der Waals surface area contributed by atoms with Gasteiger partial charge in [0.2, 0.25) is 0 Å². The molecule has 0 atom stereocenters. The SMILES string of the molecule is CS(=O)(=O)CCNCCNc1ccc2c(Nc3ccc(OCc4ccccc4)cc3)ncnc2c1. The van der Waals surface area contributed by atoms with Crippen LogP contribution in [0.4, 0.5) is 17.2 Å². The molecule has 9 heteroatoms. The fourth-order valence-electron chi connectivity index (χ4n) is 3.46. The molecule has 0 fully saturated rings. The summed E-state index contributed by atoms with van der Waals surface area (Å²) in [5, 5.41) is 10.7. The number of rotatable bonds is 12. The zero-order valence-corrected chi connectivity index (χ0v) is 20.4. The van der Waals surface area contributed by atoms with Gasteiger partial charge in [0, 0.05) is 42.7 Å². The first kappa shape index (κ1) is 24.4. The topological polar surface area (TPSA) is 105 Å². The highest BCUT2D eigenvalue weighted by molar-refractivity contribution is 7.90. The summed E-state index contributed by atoms with van der Waals surface area (Å²) in [6.07, 6.45) is 2.78. The number of hydrogen-bond donors (Lipinski definition) is 3. The molecule has 8 nitrogen and oxygen atoms in total. The van der Waals surface area contributed by atoms with Gasteiger partial charge >= 0.3 is 0 Å². The molecule has 0 saturated carbocycles. The third-order valence-corrected chi connectivity index (χ3v) is 6.23. The molecule has 3 aromatic carbocycles. The second-order valence-corrected chi connectivity index (χ2v) is 10.4. The van der Waals surface area contributed by atoms with E-state index in [-0.39, 0.29) is 5.75 Å². The monoisotopic (exact) mass is 491 g/mol. The summed E-state index contributed by atoms with van der Waals surface area (Å²) in [5.41, 5.74) is 3.78. The lowest BCUT2D eigenvalue weighted by molar-refractivity contribution is 0.306. The van der Waals surface area contributed by atoms with Crippen LogP contribution < -0.4 is 20.7 Å². The van der Waals surface area contributed by atoms with Crippen molar-refractivity contribution in [2.75, 3.05) is 42.3 Å². The maximum atomic E-state index is 11.2. The van der Waals surface area contributed by atoms with Gasteiger partial charge in [-0.25, -0.2) is 18.4 Å². The number of nitrogens with one attached hydrogen (secondary N) is 3. The Hall–Kier alpha value is -3.69. The first-order chi connectivity index (χ1) is 17.0. The van der Waals surface area contributed by atoms with Gasteiger partial charge in [-0.3, -0.25) is 0 Å². The highest BCUT2D eigenvalue weighted by Crippen LogP contribution is 2.26. The van der Waals surface area contributed by atoms with E-state index >= 15 is 0 Å². The number of aromatic nitrogens is 2. The molecular formula is C26H29N5O3S. The third-order valence-electron chi connectivity index (χ3n) is 5.28. The molecule has 1 aromatic heterocycles. The van der Waals surface area contributed by atoms with Crippen LogP contribution in [0.15, 0.2) is 79.1 Å². The summed E-state index contributed by atoms with van der Waals surface area (Å²) in [6.45, 7) is 2.30. The Balaban J connectivity index is 1.32. The summed E-state index contributed by atoms with van der Waals surface area (Å²) < 4.78 is 28.2. The molecule has 3 N–H and O–H groups in total. The van der Waals surface area contributed by atoms with Gasteiger partial charge in [-0.2, -0.15) is 0 Å². The van der Waals surface area contributed by atoms with Crippen LogP contribution in [-0.4, -0.2) is 50.0 Å². The van der Waals surface area contributed by atoms with Gasteiger partial charge in [0.05, 0.1) is 11.3 Å². The van der Waals surface area contributed by atoms with Crippen molar-refractivity contribution in [3.63, 3.8) is 0 Å². The number of sulfone groups is 1. The van der Waals surface area contributed by atoms with Gasteiger partial charge in [0.1, 0.15) is 34.3 Å². The minimum atomic E-state index is -2.94. The van der Waals surface area contributed by atoms with Crippen LogP contribution in [0.25, 0.3) is 10.9 Å². The van der Waals surface area contributed by atoms with Crippen molar-refractivity contribution in [2.45, 2.75) is 6.61 Å². The van der Waals surface area contributed by atoms with Gasteiger partial charge in [-0.05, 0) is 48.0 Å². The number of benzene rings is 3. The molecule has 4 rings (SSSR count). The molecule has 0 saturated heterocycles. The van der Waals surface area contributed by atoms with Crippen LogP contribution in [0.2, 0.25) is 0 Å². The zero-order valence-electron chi connectivity index (χ0n) is 19.6. The highest BCUT2D eigenvalue weighted by Gasteiger charge is 2.06. The van der Waals surface area contributed by atoms with E-state index in [1.807, 2.05) is 72.8 Å². The summed E-state index contributed by atoms with van der Waals surface area (Å²) in [4.78, 5) is 8.82. The fraction of sp³-hybridized carbons (Fsp3) is 0.231. The number of hydrogen-bond acceptors (Lipinski definition) is 8. The number of nitrogens with zero attached hydrogens (tertiary/aromatic N) is 2. The van der Waals surface area contributed by atoms with E-state index in [2.05, 4.69) is 25.9 Å². The predicted octanol–water partition coefficient (Wildman–Crippen LogP) is 4.00. The Labute approximate surface area is 205 Å². The molecule has 35 heavy (non-hydrogen) atoms. The molecule has 0 radical (unpaired) electrons. The van der Waals surface area contributed by atoms with E-state index < -0.39 is 9.84 Å². The molecule has 4 aromatic rings. The van der Waals surface area contributed by atoms with Crippen molar-refractivity contribution in [1.82, 2.24) is 15.3 Å². The van der Waals surface area contributed by atoms with Crippen molar-refractivity contribution in [3.05, 3.63) is 84.7 Å². The third kappa shape index (κ3) is 7.66. The summed E-state index contributed by atoms with van der Waals surface area (Å²) >= 11 is 0. The van der Waals surface area contributed by atoms with Crippen LogP contribution >= 0.6 is 0 Å². The summed E-state index contributed by atoms with van der Waals surface area (Å²) in [5.74, 6) is 1.66. The highest BCUT2D eigenvalue weighted by atomic mass is 32.2. The van der Waals surface area contributed by atoms with Crippen molar-refractivity contribution in [3.8, 4) is 5.75 Å². The van der Waals surface area contributed by atoms with Crippen molar-refractivity contribution in [1.29, 1.82) is 0 Å². The molecule has 1 heterocycles. The van der Waals surface area contributed by atoms with E-state index in [0.717, 1.165) is 39.4 Å². The average Bonchev–Trinajstić information content (AvgIpc) is 2.86. The summed E-state index contributed by atoms with van der Waals surface area (Å²) in [7, 11) is -2.94. The Morgan fingerprint density at radius 3 is 2.40 bits per heavy atom. The van der Waals surface area contributed by atoms with Crippen molar-refractivity contribution < 1.29 is 13.2 Å². The van der Waals surface area contributed by atoms with Crippen LogP contribution in [0.3, 0.4) is 0 Å². The van der Waals surface area contributed by atoms with Crippen molar-refractivity contribution >= 4 is 37.9 Å². The largest absolute Gasteiger partial charge is 0.489 e. The van der Waals surface area contributed by atoms with Crippen LogP contribution in [-0.2, 0) is 16.4 Å². The number of anilines is 3. The molecule has 0 amide bonds. The maximum absolute atomic E-state index is 11.2. The second kappa shape index (κ2) is 11.6. The van der Waals surface area contributed by atoms with E-state index in [0.29, 0.717) is 26.2 Å². The van der Waals surface area contributed by atoms with Gasteiger partial charge in [-0.15, -0.1) is 0 Å². The Morgan fingerprint density at radius 2 is 1.63 bits per heavy atom. The lowest BCUT2D eigenvalue weighted by Gasteiger charge is -2.12. The first-order valence-corrected chi connectivity index (χ1v) is 13.4. The minimum absolute atomic E-state index is 0.138. The van der Waals surface area contributed by atoms with Gasteiger partial charge < -0.3 is 20.7 Å². The lowest BCUT2D eigenvalue weighted by atomic mass is 10.2. The zero-order chi connectivity index (χ0) is 24.5. The van der Waals surface area contributed by atoms with Crippen molar-refractivity contribution in [2.24, 2.45) is 0 Å². The Morgan fingerprint density at radius 1 is 0.857 bits per heavy atom. The normalized spacial score (nSPS) is 11.3. The Bertz CT molecular complexity index is 1350. The average molecular weight is 492 g/mol. The van der Waals surface area contributed by atoms with Gasteiger partial charge in [0.15, 0.2) is 0 Å². The molecule has 0 aliphatic heterocycles. The lowest BCUT2D eigenvalue weighted by Crippen LogP contribution is -2.27. The molecule has 0 aliphatic rings. The van der Waals surface area contributed by atoms with Gasteiger partial charge in [-0.1, -0.05) is 30.3 Å². The molecule has 0 unspecified atom stereocenters. The van der Waals surface area contributed by atoms with Crippen LogP contribution in [0, 0.1) is 0 Å². The van der Waals surface area contributed by atoms with E-state index in [4.69, 9.17) is 4.74 Å². The summed E-state index contributed by atoms with van der Waals surface area (Å²) in [6, 6.07) is 23.8. The number of fused-ring (bicyclic) bond motifs is 1. The second-order valence-electron chi connectivity index (χ2n) is 8.18.